The van der Waals surface area contributed by atoms with Crippen molar-refractivity contribution in [1.29, 1.82) is 0 Å². The molecule has 0 bridgehead atoms. The van der Waals surface area contributed by atoms with Gasteiger partial charge in [0.1, 0.15) is 12.4 Å². The number of nitrogens with one attached hydrogen (secondary N) is 1. The molecule has 1 unspecified atom stereocenters. The molecule has 2 nitrogen and oxygen atoms in total. The molecule has 0 heterocycles. The lowest BCUT2D eigenvalue weighted by molar-refractivity contribution is -0.136. The van der Waals surface area contributed by atoms with E-state index in [4.69, 9.17) is 4.74 Å². The highest BCUT2D eigenvalue weighted by Gasteiger charge is 2.28. The average Bonchev–Trinajstić information content (AvgIpc) is 2.29. The van der Waals surface area contributed by atoms with Gasteiger partial charge in [0.05, 0.1) is 0 Å². The minimum atomic E-state index is -4.11. The number of benzene rings is 1. The van der Waals surface area contributed by atoms with E-state index in [1.54, 1.807) is 19.2 Å². The molecule has 0 spiro atoms. The van der Waals surface area contributed by atoms with Crippen LogP contribution in [0.1, 0.15) is 12.8 Å². The average molecular weight is 247 g/mol. The minimum absolute atomic E-state index is 0.0207. The van der Waals surface area contributed by atoms with Crippen molar-refractivity contribution in [1.82, 2.24) is 5.32 Å². The Morgan fingerprint density at radius 2 is 1.88 bits per heavy atom. The lowest BCUT2D eigenvalue weighted by atomic mass is 10.1. The number of rotatable bonds is 6. The lowest BCUT2D eigenvalue weighted by Gasteiger charge is -2.17. The van der Waals surface area contributed by atoms with Crippen LogP contribution in [0.15, 0.2) is 30.3 Å². The van der Waals surface area contributed by atoms with Crippen LogP contribution < -0.4 is 10.1 Å². The Morgan fingerprint density at radius 1 is 1.24 bits per heavy atom. The third-order valence-electron chi connectivity index (χ3n) is 2.38. The zero-order valence-electron chi connectivity index (χ0n) is 9.63. The van der Waals surface area contributed by atoms with Crippen LogP contribution in [0.2, 0.25) is 0 Å². The van der Waals surface area contributed by atoms with E-state index in [1.807, 2.05) is 18.2 Å². The lowest BCUT2D eigenvalue weighted by Crippen LogP contribution is -2.33. The van der Waals surface area contributed by atoms with Crippen molar-refractivity contribution in [3.8, 4) is 5.75 Å². The third-order valence-corrected chi connectivity index (χ3v) is 2.38. The van der Waals surface area contributed by atoms with Gasteiger partial charge in [-0.1, -0.05) is 18.2 Å². The normalized spacial score (nSPS) is 13.4. The minimum Gasteiger partial charge on any atom is -0.492 e. The van der Waals surface area contributed by atoms with Crippen LogP contribution in [-0.2, 0) is 0 Å². The summed E-state index contributed by atoms with van der Waals surface area (Å²) in [7, 11) is 1.63. The molecule has 0 saturated heterocycles. The summed E-state index contributed by atoms with van der Waals surface area (Å²) >= 11 is 0. The topological polar surface area (TPSA) is 21.3 Å². The van der Waals surface area contributed by atoms with Crippen molar-refractivity contribution in [3.63, 3.8) is 0 Å². The van der Waals surface area contributed by atoms with Crippen LogP contribution >= 0.6 is 0 Å². The van der Waals surface area contributed by atoms with E-state index in [0.29, 0.717) is 5.75 Å². The number of alkyl halides is 3. The first kappa shape index (κ1) is 13.8. The zero-order chi connectivity index (χ0) is 12.7. The van der Waals surface area contributed by atoms with E-state index >= 15 is 0 Å². The SMILES string of the molecule is CNC(CCC(F)(F)F)COc1ccccc1. The van der Waals surface area contributed by atoms with Crippen LogP contribution in [0, 0.1) is 0 Å². The van der Waals surface area contributed by atoms with Gasteiger partial charge in [-0.3, -0.25) is 0 Å². The summed E-state index contributed by atoms with van der Waals surface area (Å²) in [6.45, 7) is 0.233. The fourth-order valence-corrected chi connectivity index (χ4v) is 1.36. The van der Waals surface area contributed by atoms with E-state index in [0.717, 1.165) is 0 Å². The van der Waals surface area contributed by atoms with Crippen LogP contribution in [-0.4, -0.2) is 25.9 Å². The molecule has 0 aliphatic carbocycles. The maximum atomic E-state index is 12.0. The molecule has 0 saturated carbocycles. The number of ether oxygens (including phenoxy) is 1. The molecule has 1 rings (SSSR count). The third kappa shape index (κ3) is 6.16. The van der Waals surface area contributed by atoms with Crippen molar-refractivity contribution in [2.75, 3.05) is 13.7 Å². The molecule has 1 atom stereocenters. The van der Waals surface area contributed by atoms with Gasteiger partial charge in [-0.15, -0.1) is 0 Å². The van der Waals surface area contributed by atoms with Crippen molar-refractivity contribution in [2.24, 2.45) is 0 Å². The second-order valence-corrected chi connectivity index (χ2v) is 3.76. The molecular weight excluding hydrogens is 231 g/mol. The van der Waals surface area contributed by atoms with Gasteiger partial charge < -0.3 is 10.1 Å². The largest absolute Gasteiger partial charge is 0.492 e. The van der Waals surface area contributed by atoms with Gasteiger partial charge in [0.25, 0.3) is 0 Å². The molecule has 0 radical (unpaired) electrons. The maximum Gasteiger partial charge on any atom is 0.389 e. The van der Waals surface area contributed by atoms with E-state index in [2.05, 4.69) is 5.32 Å². The molecule has 5 heteroatoms. The van der Waals surface area contributed by atoms with Crippen molar-refractivity contribution >= 4 is 0 Å². The van der Waals surface area contributed by atoms with Crippen LogP contribution in [0.4, 0.5) is 13.2 Å². The number of hydrogen-bond donors (Lipinski definition) is 1. The first-order valence-electron chi connectivity index (χ1n) is 5.43. The number of halogens is 3. The number of likely N-dealkylation sites (N-methyl/N-ethyl adjacent to an activating group) is 1. The van der Waals surface area contributed by atoms with Gasteiger partial charge in [0.2, 0.25) is 0 Å². The summed E-state index contributed by atoms with van der Waals surface area (Å²) in [6.07, 6.45) is -4.88. The summed E-state index contributed by atoms with van der Waals surface area (Å²) in [5.41, 5.74) is 0. The van der Waals surface area contributed by atoms with Gasteiger partial charge >= 0.3 is 6.18 Å². The van der Waals surface area contributed by atoms with Gasteiger partial charge in [-0.25, -0.2) is 0 Å². The number of hydrogen-bond acceptors (Lipinski definition) is 2. The molecule has 96 valence electrons. The quantitative estimate of drug-likeness (QED) is 0.834. The Balaban J connectivity index is 2.33. The molecule has 1 N–H and O–H groups in total. The first-order chi connectivity index (χ1) is 8.01. The molecule has 0 amide bonds. The predicted octanol–water partition coefficient (Wildman–Crippen LogP) is 3.00. The van der Waals surface area contributed by atoms with Crippen molar-refractivity contribution in [3.05, 3.63) is 30.3 Å². The summed E-state index contributed by atoms with van der Waals surface area (Å²) < 4.78 is 41.5. The van der Waals surface area contributed by atoms with Crippen molar-refractivity contribution in [2.45, 2.75) is 25.1 Å². The van der Waals surface area contributed by atoms with Crippen molar-refractivity contribution < 1.29 is 17.9 Å². The fourth-order valence-electron chi connectivity index (χ4n) is 1.36. The zero-order valence-corrected chi connectivity index (χ0v) is 9.63. The molecule has 0 aliphatic rings. The highest BCUT2D eigenvalue weighted by molar-refractivity contribution is 5.20. The highest BCUT2D eigenvalue weighted by Crippen LogP contribution is 2.22. The smallest absolute Gasteiger partial charge is 0.389 e. The molecule has 1 aromatic carbocycles. The van der Waals surface area contributed by atoms with Gasteiger partial charge in [-0.05, 0) is 25.6 Å². The molecule has 0 fully saturated rings. The highest BCUT2D eigenvalue weighted by atomic mass is 19.4. The van der Waals surface area contributed by atoms with E-state index < -0.39 is 12.6 Å². The standard InChI is InChI=1S/C12H16F3NO/c1-16-10(7-8-12(13,14)15)9-17-11-5-3-2-4-6-11/h2-6,10,16H,7-9H2,1H3. The van der Waals surface area contributed by atoms with Gasteiger partial charge in [-0.2, -0.15) is 13.2 Å². The first-order valence-corrected chi connectivity index (χ1v) is 5.43. The molecule has 0 aromatic heterocycles. The Morgan fingerprint density at radius 3 is 2.41 bits per heavy atom. The second-order valence-electron chi connectivity index (χ2n) is 3.76. The Bertz CT molecular complexity index is 313. The monoisotopic (exact) mass is 247 g/mol. The second kappa shape index (κ2) is 6.49. The van der Waals surface area contributed by atoms with Gasteiger partial charge in [0.15, 0.2) is 0 Å². The maximum absolute atomic E-state index is 12.0. The molecular formula is C12H16F3NO. The molecule has 17 heavy (non-hydrogen) atoms. The molecule has 1 aromatic rings. The van der Waals surface area contributed by atoms with Crippen LogP contribution in [0.3, 0.4) is 0 Å². The van der Waals surface area contributed by atoms with Gasteiger partial charge in [0, 0.05) is 12.5 Å². The summed E-state index contributed by atoms with van der Waals surface area (Å²) in [6, 6.07) is 8.74. The summed E-state index contributed by atoms with van der Waals surface area (Å²) in [5.74, 6) is 0.666. The Hall–Kier alpha value is -1.23. The van der Waals surface area contributed by atoms with E-state index in [9.17, 15) is 13.2 Å². The Labute approximate surface area is 98.8 Å². The van der Waals surface area contributed by atoms with E-state index in [-0.39, 0.29) is 19.1 Å². The fraction of sp³-hybridized carbons (Fsp3) is 0.500. The van der Waals surface area contributed by atoms with Crippen LogP contribution in [0.25, 0.3) is 0 Å². The molecule has 0 aliphatic heterocycles. The van der Waals surface area contributed by atoms with E-state index in [1.165, 1.54) is 0 Å². The van der Waals surface area contributed by atoms with Crippen LogP contribution in [0.5, 0.6) is 5.75 Å². The summed E-state index contributed by atoms with van der Waals surface area (Å²) in [5, 5.41) is 2.82. The Kier molecular flexibility index (Phi) is 5.28. The predicted molar refractivity (Wildman–Crippen MR) is 60.1 cm³/mol. The summed E-state index contributed by atoms with van der Waals surface area (Å²) in [4.78, 5) is 0. The number of para-hydroxylation sites is 1.